The summed E-state index contributed by atoms with van der Waals surface area (Å²) in [6.07, 6.45) is 2.85. The number of nitrogens with one attached hydrogen (secondary N) is 1. The Morgan fingerprint density at radius 2 is 2.62 bits per heavy atom. The quantitative estimate of drug-likeness (QED) is 0.691. The van der Waals surface area contributed by atoms with Crippen molar-refractivity contribution in [3.05, 3.63) is 16.4 Å². The third kappa shape index (κ3) is 0.916. The van der Waals surface area contributed by atoms with Gasteiger partial charge in [-0.25, -0.2) is 0 Å². The molecule has 1 aromatic heterocycles. The molecule has 0 spiro atoms. The molecule has 3 heteroatoms. The zero-order chi connectivity index (χ0) is 5.98. The summed E-state index contributed by atoms with van der Waals surface area (Å²) >= 11 is 3.31. The van der Waals surface area contributed by atoms with Gasteiger partial charge in [-0.15, -0.1) is 0 Å². The molecule has 0 bridgehead atoms. The average Bonchev–Trinajstić information content (AvgIpc) is 2.14. The normalized spacial score (nSPS) is 9.75. The Hall–Kier alpha value is -0.310. The lowest BCUT2D eigenvalue weighted by Gasteiger charge is -1.84. The summed E-state index contributed by atoms with van der Waals surface area (Å²) in [7, 11) is 0. The van der Waals surface area contributed by atoms with E-state index >= 15 is 0 Å². The summed E-state index contributed by atoms with van der Waals surface area (Å²) in [6, 6.07) is 0. The van der Waals surface area contributed by atoms with Crippen molar-refractivity contribution < 1.29 is 0 Å². The van der Waals surface area contributed by atoms with Gasteiger partial charge in [-0.3, -0.25) is 5.10 Å². The molecule has 0 aliphatic heterocycles. The summed E-state index contributed by atoms with van der Waals surface area (Å²) in [4.78, 5) is 0. The molecule has 0 aliphatic carbocycles. The molecule has 0 fully saturated rings. The second kappa shape index (κ2) is 2.31. The van der Waals surface area contributed by atoms with Gasteiger partial charge >= 0.3 is 0 Å². The van der Waals surface area contributed by atoms with Crippen LogP contribution in [0, 0.1) is 0 Å². The number of aromatic nitrogens is 2. The summed E-state index contributed by atoms with van der Waals surface area (Å²) in [5.41, 5.74) is 1.23. The van der Waals surface area contributed by atoms with Crippen molar-refractivity contribution in [3.63, 3.8) is 0 Å². The van der Waals surface area contributed by atoms with Crippen molar-refractivity contribution in [2.24, 2.45) is 0 Å². The lowest BCUT2D eigenvalue weighted by molar-refractivity contribution is 1.07. The predicted octanol–water partition coefficient (Wildman–Crippen LogP) is 1.73. The first-order valence-corrected chi connectivity index (χ1v) is 3.31. The van der Waals surface area contributed by atoms with E-state index in [0.717, 1.165) is 11.0 Å². The van der Waals surface area contributed by atoms with Crippen molar-refractivity contribution in [1.82, 2.24) is 10.2 Å². The number of nitrogens with zero attached hydrogens (tertiary/aromatic N) is 1. The molecule has 2 nitrogen and oxygen atoms in total. The lowest BCUT2D eigenvalue weighted by Crippen LogP contribution is -1.72. The van der Waals surface area contributed by atoms with Gasteiger partial charge in [0.2, 0.25) is 0 Å². The molecule has 1 aromatic rings. The Morgan fingerprint density at radius 3 is 2.88 bits per heavy atom. The highest BCUT2D eigenvalue weighted by molar-refractivity contribution is 9.10. The van der Waals surface area contributed by atoms with Crippen LogP contribution in [0.2, 0.25) is 0 Å². The highest BCUT2D eigenvalue weighted by Gasteiger charge is 1.94. The van der Waals surface area contributed by atoms with Gasteiger partial charge in [-0.05, 0) is 22.4 Å². The predicted molar refractivity (Wildman–Crippen MR) is 35.7 cm³/mol. The molecule has 1 heterocycles. The van der Waals surface area contributed by atoms with Crippen molar-refractivity contribution in [2.45, 2.75) is 13.3 Å². The van der Waals surface area contributed by atoms with Crippen LogP contribution in [0.4, 0.5) is 0 Å². The van der Waals surface area contributed by atoms with E-state index in [0.29, 0.717) is 0 Å². The molecule has 0 amide bonds. The Morgan fingerprint density at radius 1 is 1.88 bits per heavy atom. The highest BCUT2D eigenvalue weighted by atomic mass is 79.9. The maximum absolute atomic E-state index is 3.82. The van der Waals surface area contributed by atoms with Gasteiger partial charge in [-0.2, -0.15) is 5.10 Å². The van der Waals surface area contributed by atoms with Gasteiger partial charge in [0.05, 0.1) is 6.20 Å². The molecule has 0 saturated carbocycles. The first-order valence-electron chi connectivity index (χ1n) is 2.52. The van der Waals surface area contributed by atoms with Gasteiger partial charge in [0.25, 0.3) is 0 Å². The van der Waals surface area contributed by atoms with Crippen LogP contribution in [0.15, 0.2) is 10.8 Å². The zero-order valence-electron chi connectivity index (χ0n) is 4.61. The topological polar surface area (TPSA) is 28.7 Å². The van der Waals surface area contributed by atoms with E-state index in [2.05, 4.69) is 33.1 Å². The monoisotopic (exact) mass is 174 g/mol. The zero-order valence-corrected chi connectivity index (χ0v) is 6.20. The SMILES string of the molecule is CCc1cn[nH]c1Br. The van der Waals surface area contributed by atoms with Crippen molar-refractivity contribution >= 4 is 15.9 Å². The van der Waals surface area contributed by atoms with Crippen LogP contribution in [-0.4, -0.2) is 10.2 Å². The van der Waals surface area contributed by atoms with E-state index < -0.39 is 0 Å². The minimum atomic E-state index is 1.00. The van der Waals surface area contributed by atoms with E-state index in [1.54, 1.807) is 0 Å². The summed E-state index contributed by atoms with van der Waals surface area (Å²) in [5.74, 6) is 0. The van der Waals surface area contributed by atoms with Gasteiger partial charge < -0.3 is 0 Å². The molecule has 1 rings (SSSR count). The molecule has 0 radical (unpaired) electrons. The van der Waals surface area contributed by atoms with Crippen LogP contribution in [0.25, 0.3) is 0 Å². The summed E-state index contributed by atoms with van der Waals surface area (Å²) < 4.78 is 1.00. The Bertz CT molecular complexity index is 171. The van der Waals surface area contributed by atoms with E-state index in [1.165, 1.54) is 5.56 Å². The smallest absolute Gasteiger partial charge is 0.104 e. The second-order valence-electron chi connectivity index (χ2n) is 1.56. The average molecular weight is 175 g/mol. The third-order valence-electron chi connectivity index (χ3n) is 1.05. The van der Waals surface area contributed by atoms with Crippen molar-refractivity contribution in [3.8, 4) is 0 Å². The maximum Gasteiger partial charge on any atom is 0.104 e. The standard InChI is InChI=1S/C5H7BrN2/c1-2-4-3-7-8-5(4)6/h3H,2H2,1H3,(H,7,8). The van der Waals surface area contributed by atoms with E-state index in [9.17, 15) is 0 Å². The molecule has 0 saturated heterocycles. The summed E-state index contributed by atoms with van der Waals surface area (Å²) in [5, 5.41) is 6.61. The number of aromatic amines is 1. The first-order chi connectivity index (χ1) is 3.84. The molecule has 0 atom stereocenters. The number of halogens is 1. The van der Waals surface area contributed by atoms with Crippen LogP contribution in [0.3, 0.4) is 0 Å². The van der Waals surface area contributed by atoms with Gasteiger partial charge in [0, 0.05) is 5.56 Å². The van der Waals surface area contributed by atoms with Crippen LogP contribution in [0.5, 0.6) is 0 Å². The highest BCUT2D eigenvalue weighted by Crippen LogP contribution is 2.11. The fourth-order valence-electron chi connectivity index (χ4n) is 0.542. The van der Waals surface area contributed by atoms with Gasteiger partial charge in [-0.1, -0.05) is 6.92 Å². The number of hydrogen-bond donors (Lipinski definition) is 1. The molecule has 0 aromatic carbocycles. The molecule has 0 aliphatic rings. The van der Waals surface area contributed by atoms with E-state index in [4.69, 9.17) is 0 Å². The van der Waals surface area contributed by atoms with Gasteiger partial charge in [0.1, 0.15) is 4.60 Å². The van der Waals surface area contributed by atoms with Crippen LogP contribution >= 0.6 is 15.9 Å². The molecule has 44 valence electrons. The largest absolute Gasteiger partial charge is 0.271 e. The van der Waals surface area contributed by atoms with Crippen LogP contribution < -0.4 is 0 Å². The summed E-state index contributed by atoms with van der Waals surface area (Å²) in [6.45, 7) is 2.09. The number of aryl methyl sites for hydroxylation is 1. The lowest BCUT2D eigenvalue weighted by atomic mass is 10.3. The fourth-order valence-corrected chi connectivity index (χ4v) is 1.03. The molecule has 0 unspecified atom stereocenters. The van der Waals surface area contributed by atoms with Crippen molar-refractivity contribution in [1.29, 1.82) is 0 Å². The number of H-pyrrole nitrogens is 1. The Balaban J connectivity index is 2.92. The third-order valence-corrected chi connectivity index (χ3v) is 1.73. The molecular weight excluding hydrogens is 168 g/mol. The van der Waals surface area contributed by atoms with E-state index in [1.807, 2.05) is 6.20 Å². The van der Waals surface area contributed by atoms with E-state index in [-0.39, 0.29) is 0 Å². The van der Waals surface area contributed by atoms with Crippen LogP contribution in [-0.2, 0) is 6.42 Å². The Kier molecular flexibility index (Phi) is 1.68. The first kappa shape index (κ1) is 5.82. The minimum Gasteiger partial charge on any atom is -0.271 e. The second-order valence-corrected chi connectivity index (χ2v) is 2.36. The minimum absolute atomic E-state index is 1.00. The fraction of sp³-hybridized carbons (Fsp3) is 0.400. The van der Waals surface area contributed by atoms with Gasteiger partial charge in [0.15, 0.2) is 0 Å². The molecular formula is C5H7BrN2. The molecule has 1 N–H and O–H groups in total. The Labute approximate surface area is 56.4 Å². The molecule has 8 heavy (non-hydrogen) atoms. The van der Waals surface area contributed by atoms with Crippen molar-refractivity contribution in [2.75, 3.05) is 0 Å². The maximum atomic E-state index is 3.82. The van der Waals surface area contributed by atoms with Crippen LogP contribution in [0.1, 0.15) is 12.5 Å². The number of rotatable bonds is 1. The number of hydrogen-bond acceptors (Lipinski definition) is 1.